The van der Waals surface area contributed by atoms with Gasteiger partial charge in [-0.1, -0.05) is 23.2 Å². The molecule has 0 saturated heterocycles. The molecule has 1 aromatic carbocycles. The number of esters is 1. The van der Waals surface area contributed by atoms with E-state index in [2.05, 4.69) is 4.74 Å². The monoisotopic (exact) mass is 244 g/mol. The molecule has 0 spiro atoms. The minimum Gasteiger partial charge on any atom is -0.465 e. The summed E-state index contributed by atoms with van der Waals surface area (Å²) in [5.41, 5.74) is 0.671. The van der Waals surface area contributed by atoms with Crippen molar-refractivity contribution in [1.82, 2.24) is 0 Å². The molecule has 0 amide bonds. The summed E-state index contributed by atoms with van der Waals surface area (Å²) in [7, 11) is 1.29. The number of ether oxygens (including phenoxy) is 1. The van der Waals surface area contributed by atoms with Gasteiger partial charge in [0.15, 0.2) is 5.58 Å². The molecule has 0 fully saturated rings. The van der Waals surface area contributed by atoms with E-state index in [0.29, 0.717) is 21.0 Å². The number of hydrogen-bond acceptors (Lipinski definition) is 3. The quantitative estimate of drug-likeness (QED) is 0.721. The van der Waals surface area contributed by atoms with Crippen molar-refractivity contribution in [2.45, 2.75) is 0 Å². The van der Waals surface area contributed by atoms with E-state index in [1.807, 2.05) is 0 Å². The Balaban J connectivity index is 2.79. The summed E-state index contributed by atoms with van der Waals surface area (Å²) in [5.74, 6) is -0.502. The zero-order chi connectivity index (χ0) is 11.0. The predicted molar refractivity (Wildman–Crippen MR) is 57.6 cm³/mol. The number of methoxy groups -OCH3 is 1. The molecule has 2 rings (SSSR count). The summed E-state index contributed by atoms with van der Waals surface area (Å²) in [6, 6.07) is 3.21. The Bertz CT molecular complexity index is 531. The first-order chi connectivity index (χ1) is 7.15. The van der Waals surface area contributed by atoms with Crippen LogP contribution in [0.5, 0.6) is 0 Å². The molecule has 78 valence electrons. The lowest BCUT2D eigenvalue weighted by Gasteiger charge is -1.98. The van der Waals surface area contributed by atoms with Gasteiger partial charge in [-0.3, -0.25) is 0 Å². The second-order valence-corrected chi connectivity index (χ2v) is 3.69. The fourth-order valence-corrected chi connectivity index (χ4v) is 1.79. The number of fused-ring (bicyclic) bond motifs is 1. The van der Waals surface area contributed by atoms with E-state index >= 15 is 0 Å². The van der Waals surface area contributed by atoms with Gasteiger partial charge in [0.1, 0.15) is 11.8 Å². The first-order valence-corrected chi connectivity index (χ1v) is 4.84. The smallest absolute Gasteiger partial charge is 0.341 e. The van der Waals surface area contributed by atoms with E-state index in [-0.39, 0.29) is 5.56 Å². The maximum Gasteiger partial charge on any atom is 0.341 e. The van der Waals surface area contributed by atoms with Gasteiger partial charge in [0.05, 0.1) is 22.5 Å². The van der Waals surface area contributed by atoms with Crippen LogP contribution in [0.1, 0.15) is 10.4 Å². The van der Waals surface area contributed by atoms with Crippen molar-refractivity contribution in [3.05, 3.63) is 34.0 Å². The van der Waals surface area contributed by atoms with Crippen LogP contribution < -0.4 is 0 Å². The van der Waals surface area contributed by atoms with Gasteiger partial charge < -0.3 is 9.15 Å². The minimum atomic E-state index is -0.502. The molecular formula is C10H6Cl2O3. The number of hydrogen-bond donors (Lipinski definition) is 0. The summed E-state index contributed by atoms with van der Waals surface area (Å²) in [6.07, 6.45) is 1.29. The van der Waals surface area contributed by atoms with Crippen molar-refractivity contribution in [2.24, 2.45) is 0 Å². The van der Waals surface area contributed by atoms with Gasteiger partial charge in [0.2, 0.25) is 0 Å². The van der Waals surface area contributed by atoms with Gasteiger partial charge in [-0.2, -0.15) is 0 Å². The number of carbonyl (C=O) groups is 1. The molecule has 2 aromatic rings. The molecule has 1 aromatic heterocycles. The van der Waals surface area contributed by atoms with Gasteiger partial charge in [-0.25, -0.2) is 4.79 Å². The third-order valence-corrected chi connectivity index (χ3v) is 2.64. The maximum atomic E-state index is 11.4. The molecule has 0 unspecified atom stereocenters. The molecule has 0 aliphatic heterocycles. The van der Waals surface area contributed by atoms with Crippen LogP contribution in [0.25, 0.3) is 11.0 Å². The van der Waals surface area contributed by atoms with Crippen LogP contribution in [0, 0.1) is 0 Å². The fraction of sp³-hybridized carbons (Fsp3) is 0.100. The standard InChI is InChI=1S/C10H6Cl2O3/c1-14-10(13)5-4-15-9-7(12)3-2-6(11)8(5)9/h2-4H,1H3. The number of carbonyl (C=O) groups excluding carboxylic acids is 1. The van der Waals surface area contributed by atoms with Crippen LogP contribution in [0.2, 0.25) is 10.0 Å². The molecule has 0 saturated carbocycles. The first-order valence-electron chi connectivity index (χ1n) is 4.08. The van der Waals surface area contributed by atoms with Crippen molar-refractivity contribution in [2.75, 3.05) is 7.11 Å². The Morgan fingerprint density at radius 2 is 2.00 bits per heavy atom. The zero-order valence-corrected chi connectivity index (χ0v) is 9.22. The summed E-state index contributed by atoms with van der Waals surface area (Å²) in [4.78, 5) is 11.4. The van der Waals surface area contributed by atoms with E-state index in [9.17, 15) is 4.79 Å². The Labute approximate surface area is 95.5 Å². The zero-order valence-electron chi connectivity index (χ0n) is 7.71. The predicted octanol–water partition coefficient (Wildman–Crippen LogP) is 3.53. The number of furan rings is 1. The second kappa shape index (κ2) is 3.76. The van der Waals surface area contributed by atoms with Crippen molar-refractivity contribution in [3.8, 4) is 0 Å². The van der Waals surface area contributed by atoms with E-state index in [1.54, 1.807) is 12.1 Å². The lowest BCUT2D eigenvalue weighted by atomic mass is 10.2. The average Bonchev–Trinajstić information content (AvgIpc) is 2.68. The highest BCUT2D eigenvalue weighted by Crippen LogP contribution is 2.33. The molecule has 15 heavy (non-hydrogen) atoms. The highest BCUT2D eigenvalue weighted by atomic mass is 35.5. The Kier molecular flexibility index (Phi) is 2.59. The normalized spacial score (nSPS) is 10.6. The van der Waals surface area contributed by atoms with E-state index in [0.717, 1.165) is 0 Å². The minimum absolute atomic E-state index is 0.278. The topological polar surface area (TPSA) is 39.4 Å². The first kappa shape index (κ1) is 10.3. The third-order valence-electron chi connectivity index (χ3n) is 2.03. The lowest BCUT2D eigenvalue weighted by Crippen LogP contribution is -1.99. The molecule has 0 aliphatic rings. The molecule has 0 atom stereocenters. The van der Waals surface area contributed by atoms with Crippen LogP contribution >= 0.6 is 23.2 Å². The fourth-order valence-electron chi connectivity index (χ4n) is 1.34. The van der Waals surface area contributed by atoms with Crippen LogP contribution in [-0.2, 0) is 4.74 Å². The Hall–Kier alpha value is -1.19. The molecule has 1 heterocycles. The van der Waals surface area contributed by atoms with Gasteiger partial charge in [0, 0.05) is 0 Å². The van der Waals surface area contributed by atoms with Crippen LogP contribution in [-0.4, -0.2) is 13.1 Å². The lowest BCUT2D eigenvalue weighted by molar-refractivity contribution is 0.0602. The van der Waals surface area contributed by atoms with Gasteiger partial charge >= 0.3 is 5.97 Å². The molecule has 5 heteroatoms. The van der Waals surface area contributed by atoms with Crippen LogP contribution in [0.3, 0.4) is 0 Å². The highest BCUT2D eigenvalue weighted by molar-refractivity contribution is 6.40. The van der Waals surface area contributed by atoms with Crippen molar-refractivity contribution in [3.63, 3.8) is 0 Å². The number of rotatable bonds is 1. The molecule has 0 N–H and O–H groups in total. The number of halogens is 2. The Morgan fingerprint density at radius 3 is 2.67 bits per heavy atom. The molecular weight excluding hydrogens is 239 g/mol. The van der Waals surface area contributed by atoms with E-state index in [1.165, 1.54) is 13.4 Å². The van der Waals surface area contributed by atoms with E-state index in [4.69, 9.17) is 27.6 Å². The summed E-state index contributed by atoms with van der Waals surface area (Å²) in [5, 5.41) is 1.30. The summed E-state index contributed by atoms with van der Waals surface area (Å²) in [6.45, 7) is 0. The second-order valence-electron chi connectivity index (χ2n) is 2.87. The maximum absolute atomic E-state index is 11.4. The number of benzene rings is 1. The largest absolute Gasteiger partial charge is 0.465 e. The summed E-state index contributed by atoms with van der Waals surface area (Å²) < 4.78 is 9.76. The van der Waals surface area contributed by atoms with Crippen LogP contribution in [0.4, 0.5) is 0 Å². The average molecular weight is 245 g/mol. The molecule has 0 aliphatic carbocycles. The Morgan fingerprint density at radius 1 is 1.33 bits per heavy atom. The third kappa shape index (κ3) is 1.58. The SMILES string of the molecule is COC(=O)c1coc2c(Cl)ccc(Cl)c12. The van der Waals surface area contributed by atoms with Gasteiger partial charge in [0.25, 0.3) is 0 Å². The highest BCUT2D eigenvalue weighted by Gasteiger charge is 2.18. The van der Waals surface area contributed by atoms with E-state index < -0.39 is 5.97 Å². The van der Waals surface area contributed by atoms with Crippen molar-refractivity contribution < 1.29 is 13.9 Å². The van der Waals surface area contributed by atoms with Crippen LogP contribution in [0.15, 0.2) is 22.8 Å². The molecule has 3 nitrogen and oxygen atoms in total. The molecule has 0 radical (unpaired) electrons. The van der Waals surface area contributed by atoms with Crippen molar-refractivity contribution in [1.29, 1.82) is 0 Å². The molecule has 0 bridgehead atoms. The summed E-state index contributed by atoms with van der Waals surface area (Å²) >= 11 is 11.8. The van der Waals surface area contributed by atoms with Gasteiger partial charge in [-0.05, 0) is 12.1 Å². The van der Waals surface area contributed by atoms with Gasteiger partial charge in [-0.15, -0.1) is 0 Å². The van der Waals surface area contributed by atoms with Crippen molar-refractivity contribution >= 4 is 40.1 Å².